The third-order valence-corrected chi connectivity index (χ3v) is 4.59. The number of carbonyl (C=O) groups excluding carboxylic acids is 2. The first-order chi connectivity index (χ1) is 10.5. The average molecular weight is 301 g/mol. The molecule has 1 unspecified atom stereocenters. The van der Waals surface area contributed by atoms with Gasteiger partial charge in [-0.1, -0.05) is 12.1 Å². The summed E-state index contributed by atoms with van der Waals surface area (Å²) >= 11 is 0. The van der Waals surface area contributed by atoms with Gasteiger partial charge < -0.3 is 15.1 Å². The highest BCUT2D eigenvalue weighted by Crippen LogP contribution is 2.23. The van der Waals surface area contributed by atoms with Crippen molar-refractivity contribution in [3.05, 3.63) is 29.3 Å². The van der Waals surface area contributed by atoms with E-state index in [0.29, 0.717) is 12.8 Å². The van der Waals surface area contributed by atoms with Crippen molar-refractivity contribution in [2.24, 2.45) is 0 Å². The van der Waals surface area contributed by atoms with Gasteiger partial charge in [0.15, 0.2) is 0 Å². The molecule has 0 aliphatic carbocycles. The van der Waals surface area contributed by atoms with Crippen LogP contribution in [0.1, 0.15) is 24.0 Å². The van der Waals surface area contributed by atoms with Gasteiger partial charge in [-0.05, 0) is 37.5 Å². The summed E-state index contributed by atoms with van der Waals surface area (Å²) in [5.41, 5.74) is 3.79. The van der Waals surface area contributed by atoms with Crippen LogP contribution in [0.2, 0.25) is 0 Å². The summed E-state index contributed by atoms with van der Waals surface area (Å²) in [6.07, 6.45) is 1.10. The van der Waals surface area contributed by atoms with Crippen LogP contribution in [0.3, 0.4) is 0 Å². The van der Waals surface area contributed by atoms with E-state index in [2.05, 4.69) is 42.3 Å². The number of aryl methyl sites for hydroxylation is 2. The van der Waals surface area contributed by atoms with Crippen LogP contribution in [0.25, 0.3) is 0 Å². The van der Waals surface area contributed by atoms with E-state index in [0.717, 1.165) is 26.2 Å². The maximum atomic E-state index is 12.4. The van der Waals surface area contributed by atoms with Crippen LogP contribution in [0.5, 0.6) is 0 Å². The number of carbonyl (C=O) groups is 2. The van der Waals surface area contributed by atoms with E-state index in [1.165, 1.54) is 16.8 Å². The monoisotopic (exact) mass is 301 g/mol. The highest BCUT2D eigenvalue weighted by Gasteiger charge is 2.32. The van der Waals surface area contributed by atoms with Crippen molar-refractivity contribution >= 4 is 17.5 Å². The number of rotatable bonds is 2. The summed E-state index contributed by atoms with van der Waals surface area (Å²) in [4.78, 5) is 27.9. The number of hydrogen-bond donors (Lipinski definition) is 1. The predicted molar refractivity (Wildman–Crippen MR) is 85.9 cm³/mol. The molecule has 22 heavy (non-hydrogen) atoms. The Labute approximate surface area is 131 Å². The second kappa shape index (κ2) is 5.99. The normalized spacial score (nSPS) is 21.9. The van der Waals surface area contributed by atoms with E-state index in [9.17, 15) is 9.59 Å². The van der Waals surface area contributed by atoms with Gasteiger partial charge in [-0.25, -0.2) is 0 Å². The number of nitrogens with zero attached hydrogens (tertiary/aromatic N) is 2. The Bertz CT molecular complexity index is 592. The van der Waals surface area contributed by atoms with Crippen molar-refractivity contribution in [3.63, 3.8) is 0 Å². The van der Waals surface area contributed by atoms with Crippen LogP contribution in [0, 0.1) is 13.8 Å². The number of amides is 2. The second-order valence-electron chi connectivity index (χ2n) is 6.26. The van der Waals surface area contributed by atoms with Gasteiger partial charge in [0.2, 0.25) is 11.8 Å². The first-order valence-electron chi connectivity index (χ1n) is 7.95. The van der Waals surface area contributed by atoms with Gasteiger partial charge in [-0.15, -0.1) is 0 Å². The first-order valence-corrected chi connectivity index (χ1v) is 7.95. The van der Waals surface area contributed by atoms with Gasteiger partial charge >= 0.3 is 0 Å². The molecule has 5 nitrogen and oxygen atoms in total. The highest BCUT2D eigenvalue weighted by atomic mass is 16.2. The van der Waals surface area contributed by atoms with Crippen LogP contribution >= 0.6 is 0 Å². The van der Waals surface area contributed by atoms with Crippen molar-refractivity contribution < 1.29 is 9.59 Å². The second-order valence-corrected chi connectivity index (χ2v) is 6.26. The SMILES string of the molecule is Cc1ccc(C)c(N2CCN(C(=O)C3CCC(=O)N3)CC2)c1. The fraction of sp³-hybridized carbons (Fsp3) is 0.529. The summed E-state index contributed by atoms with van der Waals surface area (Å²) in [5, 5.41) is 2.77. The van der Waals surface area contributed by atoms with Gasteiger partial charge in [-0.2, -0.15) is 0 Å². The molecule has 1 N–H and O–H groups in total. The van der Waals surface area contributed by atoms with E-state index < -0.39 is 0 Å². The lowest BCUT2D eigenvalue weighted by atomic mass is 10.1. The standard InChI is InChI=1S/C17H23N3O2/c1-12-3-4-13(2)15(11-12)19-7-9-20(10-8-19)17(22)14-5-6-16(21)18-14/h3-4,11,14H,5-10H2,1-2H3,(H,18,21). The van der Waals surface area contributed by atoms with Crippen LogP contribution in [0.15, 0.2) is 18.2 Å². The van der Waals surface area contributed by atoms with Gasteiger partial charge in [0.1, 0.15) is 6.04 Å². The first kappa shape index (κ1) is 14.9. The Morgan fingerprint density at radius 1 is 1.18 bits per heavy atom. The van der Waals surface area contributed by atoms with Gasteiger partial charge in [-0.3, -0.25) is 9.59 Å². The maximum absolute atomic E-state index is 12.4. The molecule has 2 fully saturated rings. The summed E-state index contributed by atoms with van der Waals surface area (Å²) in [7, 11) is 0. The lowest BCUT2D eigenvalue weighted by Crippen LogP contribution is -2.53. The lowest BCUT2D eigenvalue weighted by Gasteiger charge is -2.37. The zero-order valence-corrected chi connectivity index (χ0v) is 13.3. The number of hydrogen-bond acceptors (Lipinski definition) is 3. The molecule has 0 radical (unpaired) electrons. The Balaban J connectivity index is 1.61. The van der Waals surface area contributed by atoms with E-state index in [1.807, 2.05) is 4.90 Å². The molecule has 3 rings (SSSR count). The molecule has 118 valence electrons. The Morgan fingerprint density at radius 3 is 2.55 bits per heavy atom. The van der Waals surface area contributed by atoms with E-state index >= 15 is 0 Å². The summed E-state index contributed by atoms with van der Waals surface area (Å²) in [6, 6.07) is 6.18. The van der Waals surface area contributed by atoms with Crippen LogP contribution in [0.4, 0.5) is 5.69 Å². The highest BCUT2D eigenvalue weighted by molar-refractivity contribution is 5.90. The molecule has 2 saturated heterocycles. The molecule has 1 aromatic carbocycles. The smallest absolute Gasteiger partial charge is 0.245 e. The zero-order valence-electron chi connectivity index (χ0n) is 13.3. The minimum absolute atomic E-state index is 0.00706. The molecule has 0 saturated carbocycles. The molecule has 2 heterocycles. The van der Waals surface area contributed by atoms with Gasteiger partial charge in [0.25, 0.3) is 0 Å². The summed E-state index contributed by atoms with van der Waals surface area (Å²) < 4.78 is 0. The Morgan fingerprint density at radius 2 is 1.91 bits per heavy atom. The molecule has 2 aliphatic heterocycles. The van der Waals surface area contributed by atoms with Gasteiger partial charge in [0, 0.05) is 38.3 Å². The van der Waals surface area contributed by atoms with Crippen molar-refractivity contribution in [3.8, 4) is 0 Å². The van der Waals surface area contributed by atoms with Crippen LogP contribution in [-0.4, -0.2) is 48.9 Å². The molecule has 2 amide bonds. The van der Waals surface area contributed by atoms with Gasteiger partial charge in [0.05, 0.1) is 0 Å². The zero-order chi connectivity index (χ0) is 15.7. The largest absolute Gasteiger partial charge is 0.368 e. The summed E-state index contributed by atoms with van der Waals surface area (Å²) in [6.45, 7) is 7.36. The number of anilines is 1. The maximum Gasteiger partial charge on any atom is 0.245 e. The number of benzene rings is 1. The van der Waals surface area contributed by atoms with E-state index in [4.69, 9.17) is 0 Å². The van der Waals surface area contributed by atoms with Crippen molar-refractivity contribution in [1.82, 2.24) is 10.2 Å². The molecule has 1 aromatic rings. The lowest BCUT2D eigenvalue weighted by molar-refractivity contribution is -0.134. The molecule has 2 aliphatic rings. The Hall–Kier alpha value is -2.04. The average Bonchev–Trinajstić information content (AvgIpc) is 2.96. The topological polar surface area (TPSA) is 52.7 Å². The molecule has 0 aromatic heterocycles. The number of nitrogens with one attached hydrogen (secondary N) is 1. The molecule has 5 heteroatoms. The van der Waals surface area contributed by atoms with E-state index in [1.54, 1.807) is 0 Å². The fourth-order valence-electron chi connectivity index (χ4n) is 3.25. The molecule has 0 spiro atoms. The third-order valence-electron chi connectivity index (χ3n) is 4.59. The minimum Gasteiger partial charge on any atom is -0.368 e. The molecule has 0 bridgehead atoms. The fourth-order valence-corrected chi connectivity index (χ4v) is 3.25. The third kappa shape index (κ3) is 2.93. The minimum atomic E-state index is -0.306. The van der Waals surface area contributed by atoms with E-state index in [-0.39, 0.29) is 17.9 Å². The molecule has 1 atom stereocenters. The van der Waals surface area contributed by atoms with Crippen LogP contribution in [-0.2, 0) is 9.59 Å². The Kier molecular flexibility index (Phi) is 4.05. The quantitative estimate of drug-likeness (QED) is 0.894. The summed E-state index contributed by atoms with van der Waals surface area (Å²) in [5.74, 6) is 0.0684. The molecular weight excluding hydrogens is 278 g/mol. The predicted octanol–water partition coefficient (Wildman–Crippen LogP) is 1.23. The number of piperazine rings is 1. The van der Waals surface area contributed by atoms with Crippen molar-refractivity contribution in [2.75, 3.05) is 31.1 Å². The van der Waals surface area contributed by atoms with Crippen molar-refractivity contribution in [1.29, 1.82) is 0 Å². The van der Waals surface area contributed by atoms with Crippen molar-refractivity contribution in [2.45, 2.75) is 32.7 Å². The molecular formula is C17H23N3O2. The van der Waals surface area contributed by atoms with Crippen LogP contribution < -0.4 is 10.2 Å².